The minimum absolute atomic E-state index is 0.592. The maximum absolute atomic E-state index is 5.95. The van der Waals surface area contributed by atoms with Crippen LogP contribution in [-0.2, 0) is 6.42 Å². The topological polar surface area (TPSA) is 21.3 Å². The summed E-state index contributed by atoms with van der Waals surface area (Å²) >= 11 is 0. The van der Waals surface area contributed by atoms with E-state index in [1.165, 1.54) is 17.5 Å². The minimum atomic E-state index is 0.592. The van der Waals surface area contributed by atoms with Crippen LogP contribution in [0.2, 0.25) is 0 Å². The van der Waals surface area contributed by atoms with Crippen molar-refractivity contribution in [1.29, 1.82) is 0 Å². The van der Waals surface area contributed by atoms with Crippen LogP contribution in [-0.4, -0.2) is 19.2 Å². The molecule has 0 bridgehead atoms. The summed E-state index contributed by atoms with van der Waals surface area (Å²) in [6.45, 7) is 12.1. The predicted molar refractivity (Wildman–Crippen MR) is 82.9 cm³/mol. The molecule has 0 amide bonds. The van der Waals surface area contributed by atoms with Gasteiger partial charge in [-0.15, -0.1) is 6.58 Å². The average molecular weight is 261 g/mol. The van der Waals surface area contributed by atoms with E-state index in [1.54, 1.807) is 0 Å². The van der Waals surface area contributed by atoms with Gasteiger partial charge < -0.3 is 10.1 Å². The molecule has 1 N–H and O–H groups in total. The summed E-state index contributed by atoms with van der Waals surface area (Å²) in [5.74, 6) is 1.03. The van der Waals surface area contributed by atoms with Crippen LogP contribution in [0.5, 0.6) is 5.75 Å². The van der Waals surface area contributed by atoms with E-state index in [-0.39, 0.29) is 0 Å². The van der Waals surface area contributed by atoms with E-state index in [0.717, 1.165) is 31.7 Å². The van der Waals surface area contributed by atoms with E-state index in [4.69, 9.17) is 4.74 Å². The Kier molecular flexibility index (Phi) is 7.27. The van der Waals surface area contributed by atoms with Gasteiger partial charge in [0.1, 0.15) is 5.75 Å². The van der Waals surface area contributed by atoms with Crippen molar-refractivity contribution in [2.45, 2.75) is 46.1 Å². The minimum Gasteiger partial charge on any atom is -0.493 e. The molecule has 2 nitrogen and oxygen atoms in total. The van der Waals surface area contributed by atoms with Gasteiger partial charge in [0.05, 0.1) is 6.61 Å². The zero-order valence-corrected chi connectivity index (χ0v) is 12.5. The molecule has 0 heterocycles. The number of benzene rings is 1. The van der Waals surface area contributed by atoms with Gasteiger partial charge in [-0.05, 0) is 50.8 Å². The van der Waals surface area contributed by atoms with Gasteiger partial charge in [0.25, 0.3) is 0 Å². The van der Waals surface area contributed by atoms with Crippen LogP contribution in [0.1, 0.15) is 37.8 Å². The zero-order valence-electron chi connectivity index (χ0n) is 12.5. The molecule has 0 fully saturated rings. The van der Waals surface area contributed by atoms with E-state index in [2.05, 4.69) is 50.9 Å². The smallest absolute Gasteiger partial charge is 0.125 e. The molecular weight excluding hydrogens is 234 g/mol. The third-order valence-corrected chi connectivity index (χ3v) is 3.33. The van der Waals surface area contributed by atoms with Gasteiger partial charge in [0.15, 0.2) is 0 Å². The first kappa shape index (κ1) is 15.8. The lowest BCUT2D eigenvalue weighted by Crippen LogP contribution is -2.27. The second-order valence-electron chi connectivity index (χ2n) is 5.02. The lowest BCUT2D eigenvalue weighted by Gasteiger charge is -2.14. The number of nitrogens with one attached hydrogen (secondary N) is 1. The molecule has 19 heavy (non-hydrogen) atoms. The quantitative estimate of drug-likeness (QED) is 0.538. The molecule has 0 saturated heterocycles. The molecule has 0 spiro atoms. The summed E-state index contributed by atoms with van der Waals surface area (Å²) in [5, 5.41) is 3.48. The first-order valence-corrected chi connectivity index (χ1v) is 7.24. The highest BCUT2D eigenvalue weighted by molar-refractivity contribution is 5.41. The molecule has 1 unspecified atom stereocenters. The molecule has 0 saturated carbocycles. The molecule has 0 aliphatic carbocycles. The van der Waals surface area contributed by atoms with Crippen molar-refractivity contribution in [1.82, 2.24) is 5.32 Å². The van der Waals surface area contributed by atoms with Crippen LogP contribution in [0, 0.1) is 6.92 Å². The van der Waals surface area contributed by atoms with Crippen molar-refractivity contribution >= 4 is 0 Å². The molecule has 1 aromatic rings. The lowest BCUT2D eigenvalue weighted by molar-refractivity contribution is 0.301. The maximum Gasteiger partial charge on any atom is 0.125 e. The molecule has 1 aromatic carbocycles. The van der Waals surface area contributed by atoms with E-state index < -0.39 is 0 Å². The molecule has 1 atom stereocenters. The predicted octanol–water partition coefficient (Wildman–Crippen LogP) is 3.88. The Morgan fingerprint density at radius 2 is 2.21 bits per heavy atom. The van der Waals surface area contributed by atoms with E-state index in [0.29, 0.717) is 6.04 Å². The summed E-state index contributed by atoms with van der Waals surface area (Å²) in [6.07, 6.45) is 4.99. The SMILES string of the molecule is C=CCc1cccc(C)c1OCCCNC(C)CC. The van der Waals surface area contributed by atoms with Crippen molar-refractivity contribution in [3.63, 3.8) is 0 Å². The number of ether oxygens (including phenoxy) is 1. The molecular formula is C17H27NO. The van der Waals surface area contributed by atoms with Crippen molar-refractivity contribution in [2.24, 2.45) is 0 Å². The third-order valence-electron chi connectivity index (χ3n) is 3.33. The molecule has 0 aliphatic heterocycles. The summed E-state index contributed by atoms with van der Waals surface area (Å²) in [4.78, 5) is 0. The second-order valence-corrected chi connectivity index (χ2v) is 5.02. The highest BCUT2D eigenvalue weighted by Gasteiger charge is 2.05. The van der Waals surface area contributed by atoms with Crippen LogP contribution in [0.3, 0.4) is 0 Å². The molecule has 1 rings (SSSR count). The van der Waals surface area contributed by atoms with Crippen molar-refractivity contribution < 1.29 is 4.74 Å². The van der Waals surface area contributed by atoms with Gasteiger partial charge in [-0.2, -0.15) is 0 Å². The van der Waals surface area contributed by atoms with Gasteiger partial charge in [-0.1, -0.05) is 31.2 Å². The third kappa shape index (κ3) is 5.48. The van der Waals surface area contributed by atoms with Crippen molar-refractivity contribution in [2.75, 3.05) is 13.2 Å². The van der Waals surface area contributed by atoms with Crippen LogP contribution in [0.25, 0.3) is 0 Å². The van der Waals surface area contributed by atoms with Crippen LogP contribution >= 0.6 is 0 Å². The normalized spacial score (nSPS) is 12.2. The molecule has 2 heteroatoms. The van der Waals surface area contributed by atoms with Crippen LogP contribution < -0.4 is 10.1 Å². The van der Waals surface area contributed by atoms with Crippen LogP contribution in [0.4, 0.5) is 0 Å². The first-order valence-electron chi connectivity index (χ1n) is 7.24. The molecule has 0 aliphatic rings. The fourth-order valence-electron chi connectivity index (χ4n) is 1.98. The highest BCUT2D eigenvalue weighted by atomic mass is 16.5. The van der Waals surface area contributed by atoms with Crippen molar-refractivity contribution in [3.05, 3.63) is 42.0 Å². The zero-order chi connectivity index (χ0) is 14.1. The van der Waals surface area contributed by atoms with Gasteiger partial charge in [-0.25, -0.2) is 0 Å². The summed E-state index contributed by atoms with van der Waals surface area (Å²) in [5.41, 5.74) is 2.43. The van der Waals surface area contributed by atoms with Gasteiger partial charge in [-0.3, -0.25) is 0 Å². The number of hydrogen-bond acceptors (Lipinski definition) is 2. The summed E-state index contributed by atoms with van der Waals surface area (Å²) in [6, 6.07) is 6.88. The Labute approximate surface area is 117 Å². The second kappa shape index (κ2) is 8.76. The van der Waals surface area contributed by atoms with Gasteiger partial charge in [0, 0.05) is 6.04 Å². The Hall–Kier alpha value is -1.28. The van der Waals surface area contributed by atoms with Crippen molar-refractivity contribution in [3.8, 4) is 5.75 Å². The molecule has 106 valence electrons. The number of hydrogen-bond donors (Lipinski definition) is 1. The van der Waals surface area contributed by atoms with E-state index in [1.807, 2.05) is 6.08 Å². The molecule has 0 radical (unpaired) electrons. The molecule has 0 aromatic heterocycles. The Morgan fingerprint density at radius 3 is 2.89 bits per heavy atom. The number of aryl methyl sites for hydroxylation is 1. The Balaban J connectivity index is 2.42. The highest BCUT2D eigenvalue weighted by Crippen LogP contribution is 2.24. The Morgan fingerprint density at radius 1 is 1.42 bits per heavy atom. The summed E-state index contributed by atoms with van der Waals surface area (Å²) in [7, 11) is 0. The standard InChI is InChI=1S/C17H27NO/c1-5-9-16-11-7-10-14(3)17(16)19-13-8-12-18-15(4)6-2/h5,7,10-11,15,18H,1,6,8-9,12-13H2,2-4H3. The average Bonchev–Trinajstić information content (AvgIpc) is 2.41. The number of allylic oxidation sites excluding steroid dienone is 1. The number of rotatable bonds is 9. The monoisotopic (exact) mass is 261 g/mol. The van der Waals surface area contributed by atoms with E-state index >= 15 is 0 Å². The van der Waals surface area contributed by atoms with Crippen LogP contribution in [0.15, 0.2) is 30.9 Å². The summed E-state index contributed by atoms with van der Waals surface area (Å²) < 4.78 is 5.95. The van der Waals surface area contributed by atoms with Gasteiger partial charge >= 0.3 is 0 Å². The number of para-hydroxylation sites is 1. The van der Waals surface area contributed by atoms with E-state index in [9.17, 15) is 0 Å². The largest absolute Gasteiger partial charge is 0.493 e. The Bertz CT molecular complexity index is 387. The fourth-order valence-corrected chi connectivity index (χ4v) is 1.98. The fraction of sp³-hybridized carbons (Fsp3) is 0.529. The maximum atomic E-state index is 5.95. The lowest BCUT2D eigenvalue weighted by atomic mass is 10.1. The van der Waals surface area contributed by atoms with Gasteiger partial charge in [0.2, 0.25) is 0 Å². The first-order chi connectivity index (χ1) is 9.19.